The Labute approximate surface area is 162 Å². The van der Waals surface area contributed by atoms with Gasteiger partial charge in [0.05, 0.1) is 4.90 Å². The first-order chi connectivity index (χ1) is 13.0. The van der Waals surface area contributed by atoms with Crippen molar-refractivity contribution in [2.24, 2.45) is 0 Å². The molecule has 0 aromatic heterocycles. The second-order valence-electron chi connectivity index (χ2n) is 7.60. The summed E-state index contributed by atoms with van der Waals surface area (Å²) in [6.45, 7) is 3.09. The molecule has 1 fully saturated rings. The van der Waals surface area contributed by atoms with Gasteiger partial charge in [-0.3, -0.25) is 4.79 Å². The maximum absolute atomic E-state index is 13.0. The van der Waals surface area contributed by atoms with Crippen molar-refractivity contribution in [2.75, 3.05) is 13.1 Å². The molecule has 1 amide bonds. The molecule has 1 aliphatic heterocycles. The van der Waals surface area contributed by atoms with Gasteiger partial charge in [-0.15, -0.1) is 0 Å². The summed E-state index contributed by atoms with van der Waals surface area (Å²) in [7, 11) is -3.56. The van der Waals surface area contributed by atoms with Crippen LogP contribution < -0.4 is 5.32 Å². The zero-order valence-corrected chi connectivity index (χ0v) is 16.9. The van der Waals surface area contributed by atoms with Crippen molar-refractivity contribution >= 4 is 15.9 Å². The quantitative estimate of drug-likeness (QED) is 0.750. The number of benzene rings is 1. The SMILES string of the molecule is CC1CCCCN1S(=O)(=O)c1cccc(C(=O)NCCC2=CCCCC2)c1. The lowest BCUT2D eigenvalue weighted by atomic mass is 9.97. The van der Waals surface area contributed by atoms with Crippen LogP contribution in [0.25, 0.3) is 0 Å². The Kier molecular flexibility index (Phi) is 6.71. The molecule has 1 N–H and O–H groups in total. The van der Waals surface area contributed by atoms with Crippen LogP contribution >= 0.6 is 0 Å². The average Bonchev–Trinajstić information content (AvgIpc) is 2.69. The van der Waals surface area contributed by atoms with E-state index in [0.717, 1.165) is 38.5 Å². The van der Waals surface area contributed by atoms with E-state index < -0.39 is 10.0 Å². The number of allylic oxidation sites excluding steroid dienone is 1. The molecule has 1 aromatic carbocycles. The fraction of sp³-hybridized carbons (Fsp3) is 0.571. The summed E-state index contributed by atoms with van der Waals surface area (Å²) >= 11 is 0. The minimum absolute atomic E-state index is 0.00463. The normalized spacial score (nSPS) is 21.5. The molecule has 27 heavy (non-hydrogen) atoms. The lowest BCUT2D eigenvalue weighted by Gasteiger charge is -2.32. The molecule has 148 valence electrons. The van der Waals surface area contributed by atoms with Gasteiger partial charge in [0.25, 0.3) is 5.91 Å². The number of rotatable bonds is 6. The molecule has 1 aliphatic carbocycles. The average molecular weight is 391 g/mol. The zero-order valence-electron chi connectivity index (χ0n) is 16.1. The summed E-state index contributed by atoms with van der Waals surface area (Å²) in [6, 6.07) is 6.42. The van der Waals surface area contributed by atoms with Crippen molar-refractivity contribution in [1.29, 1.82) is 0 Å². The van der Waals surface area contributed by atoms with Gasteiger partial charge < -0.3 is 5.32 Å². The van der Waals surface area contributed by atoms with Crippen LogP contribution in [0.1, 0.15) is 68.6 Å². The number of hydrogen-bond donors (Lipinski definition) is 1. The first-order valence-corrected chi connectivity index (χ1v) is 11.5. The van der Waals surface area contributed by atoms with Crippen LogP contribution in [-0.2, 0) is 10.0 Å². The van der Waals surface area contributed by atoms with E-state index in [1.165, 1.54) is 24.5 Å². The lowest BCUT2D eigenvalue weighted by Crippen LogP contribution is -2.42. The Morgan fingerprint density at radius 1 is 1.22 bits per heavy atom. The van der Waals surface area contributed by atoms with E-state index in [-0.39, 0.29) is 16.8 Å². The van der Waals surface area contributed by atoms with E-state index in [1.54, 1.807) is 22.5 Å². The molecule has 6 heteroatoms. The number of amides is 1. The van der Waals surface area contributed by atoms with Gasteiger partial charge in [-0.1, -0.05) is 24.1 Å². The molecule has 0 spiro atoms. The smallest absolute Gasteiger partial charge is 0.251 e. The number of carbonyl (C=O) groups excluding carboxylic acids is 1. The number of piperidine rings is 1. The molecule has 1 heterocycles. The highest BCUT2D eigenvalue weighted by Gasteiger charge is 2.31. The fourth-order valence-corrected chi connectivity index (χ4v) is 5.68. The first kappa shape index (κ1) is 20.1. The Morgan fingerprint density at radius 2 is 2.07 bits per heavy atom. The number of nitrogens with one attached hydrogen (secondary N) is 1. The van der Waals surface area contributed by atoms with Crippen LogP contribution in [0.2, 0.25) is 0 Å². The van der Waals surface area contributed by atoms with Gasteiger partial charge in [0.15, 0.2) is 0 Å². The van der Waals surface area contributed by atoms with Crippen LogP contribution in [0, 0.1) is 0 Å². The molecule has 2 aliphatic rings. The predicted molar refractivity (Wildman–Crippen MR) is 107 cm³/mol. The summed E-state index contributed by atoms with van der Waals surface area (Å²) in [5.41, 5.74) is 1.82. The van der Waals surface area contributed by atoms with Crippen molar-refractivity contribution in [3.05, 3.63) is 41.5 Å². The van der Waals surface area contributed by atoms with Gasteiger partial charge in [0, 0.05) is 24.7 Å². The third-order valence-electron chi connectivity index (χ3n) is 5.56. The molecule has 1 aromatic rings. The van der Waals surface area contributed by atoms with Crippen molar-refractivity contribution < 1.29 is 13.2 Å². The van der Waals surface area contributed by atoms with Crippen LogP contribution in [0.15, 0.2) is 40.8 Å². The van der Waals surface area contributed by atoms with Gasteiger partial charge >= 0.3 is 0 Å². The van der Waals surface area contributed by atoms with Gasteiger partial charge in [-0.05, 0) is 70.1 Å². The standard InChI is InChI=1S/C21H30N2O3S/c1-17-8-5-6-15-23(17)27(25,26)20-12-7-11-19(16-20)21(24)22-14-13-18-9-3-2-4-10-18/h7,9,11-12,16-17H,2-6,8,10,13-15H2,1H3,(H,22,24). The molecule has 3 rings (SSSR count). The molecular formula is C21H30N2O3S. The van der Waals surface area contributed by atoms with Gasteiger partial charge in [-0.2, -0.15) is 4.31 Å². The van der Waals surface area contributed by atoms with Crippen LogP contribution in [0.3, 0.4) is 0 Å². The molecule has 0 bridgehead atoms. The highest BCUT2D eigenvalue weighted by molar-refractivity contribution is 7.89. The summed E-state index contributed by atoms with van der Waals surface area (Å²) in [5, 5.41) is 2.93. The van der Waals surface area contributed by atoms with E-state index in [9.17, 15) is 13.2 Å². The third-order valence-corrected chi connectivity index (χ3v) is 7.57. The second kappa shape index (κ2) is 9.02. The predicted octanol–water partition coefficient (Wildman–Crippen LogP) is 3.87. The van der Waals surface area contributed by atoms with Gasteiger partial charge in [0.2, 0.25) is 10.0 Å². The second-order valence-corrected chi connectivity index (χ2v) is 9.49. The maximum atomic E-state index is 13.0. The Morgan fingerprint density at radius 3 is 2.81 bits per heavy atom. The largest absolute Gasteiger partial charge is 0.352 e. The van der Waals surface area contributed by atoms with Crippen molar-refractivity contribution in [2.45, 2.75) is 69.2 Å². The Hall–Kier alpha value is -1.66. The summed E-state index contributed by atoms with van der Waals surface area (Å²) in [6.07, 6.45) is 10.7. The summed E-state index contributed by atoms with van der Waals surface area (Å²) in [5.74, 6) is -0.213. The molecule has 0 radical (unpaired) electrons. The molecule has 1 unspecified atom stereocenters. The Balaban J connectivity index is 1.65. The zero-order chi connectivity index (χ0) is 19.3. The molecule has 1 atom stereocenters. The summed E-state index contributed by atoms with van der Waals surface area (Å²) in [4.78, 5) is 12.7. The lowest BCUT2D eigenvalue weighted by molar-refractivity contribution is 0.0954. The van der Waals surface area contributed by atoms with E-state index >= 15 is 0 Å². The van der Waals surface area contributed by atoms with Crippen LogP contribution in [-0.4, -0.2) is 37.8 Å². The molecule has 1 saturated heterocycles. The third kappa shape index (κ3) is 4.99. The molecular weight excluding hydrogens is 360 g/mol. The molecule has 0 saturated carbocycles. The molecule has 5 nitrogen and oxygen atoms in total. The minimum atomic E-state index is -3.56. The number of nitrogens with zero attached hydrogens (tertiary/aromatic N) is 1. The Bertz CT molecular complexity index is 801. The maximum Gasteiger partial charge on any atom is 0.251 e. The minimum Gasteiger partial charge on any atom is -0.352 e. The van der Waals surface area contributed by atoms with Crippen molar-refractivity contribution in [1.82, 2.24) is 9.62 Å². The monoisotopic (exact) mass is 390 g/mol. The fourth-order valence-electron chi connectivity index (χ4n) is 3.93. The number of carbonyl (C=O) groups is 1. The van der Waals surface area contributed by atoms with Crippen molar-refractivity contribution in [3.63, 3.8) is 0 Å². The van der Waals surface area contributed by atoms with E-state index in [2.05, 4.69) is 11.4 Å². The van der Waals surface area contributed by atoms with E-state index in [4.69, 9.17) is 0 Å². The highest BCUT2D eigenvalue weighted by atomic mass is 32.2. The highest BCUT2D eigenvalue weighted by Crippen LogP contribution is 2.25. The van der Waals surface area contributed by atoms with E-state index in [1.807, 2.05) is 6.92 Å². The van der Waals surface area contributed by atoms with E-state index in [0.29, 0.717) is 18.7 Å². The van der Waals surface area contributed by atoms with Gasteiger partial charge in [-0.25, -0.2) is 8.42 Å². The van der Waals surface area contributed by atoms with Crippen molar-refractivity contribution in [3.8, 4) is 0 Å². The number of sulfonamides is 1. The number of hydrogen-bond acceptors (Lipinski definition) is 3. The first-order valence-electron chi connectivity index (χ1n) is 10.1. The van der Waals surface area contributed by atoms with Crippen LogP contribution in [0.5, 0.6) is 0 Å². The summed E-state index contributed by atoms with van der Waals surface area (Å²) < 4.78 is 27.5. The van der Waals surface area contributed by atoms with Gasteiger partial charge in [0.1, 0.15) is 0 Å². The topological polar surface area (TPSA) is 66.5 Å². The van der Waals surface area contributed by atoms with Crippen LogP contribution in [0.4, 0.5) is 0 Å².